The third-order valence-corrected chi connectivity index (χ3v) is 5.67. The van der Waals surface area contributed by atoms with E-state index < -0.39 is 0 Å². The Morgan fingerprint density at radius 2 is 2.13 bits per heavy atom. The summed E-state index contributed by atoms with van der Waals surface area (Å²) >= 11 is 1.77. The Balaban J connectivity index is 1.39. The number of nitrogens with zero attached hydrogens (tertiary/aromatic N) is 3. The molecule has 2 aliphatic rings. The van der Waals surface area contributed by atoms with Crippen LogP contribution in [-0.2, 0) is 9.53 Å². The van der Waals surface area contributed by atoms with Gasteiger partial charge in [0.15, 0.2) is 5.13 Å². The van der Waals surface area contributed by atoms with E-state index in [0.29, 0.717) is 6.42 Å². The summed E-state index contributed by atoms with van der Waals surface area (Å²) in [7, 11) is 0. The van der Waals surface area contributed by atoms with Crippen molar-refractivity contribution in [1.29, 1.82) is 0 Å². The molecule has 23 heavy (non-hydrogen) atoms. The van der Waals surface area contributed by atoms with Crippen molar-refractivity contribution >= 4 is 32.7 Å². The molecule has 2 aliphatic heterocycles. The van der Waals surface area contributed by atoms with Gasteiger partial charge < -0.3 is 9.64 Å². The predicted molar refractivity (Wildman–Crippen MR) is 92.0 cm³/mol. The number of aromatic nitrogens is 1. The van der Waals surface area contributed by atoms with Crippen LogP contribution in [0.5, 0.6) is 0 Å². The summed E-state index contributed by atoms with van der Waals surface area (Å²) < 4.78 is 6.60. The average Bonchev–Trinajstić information content (AvgIpc) is 3.08. The number of carbonyl (C=O) groups excluding carboxylic acids is 1. The monoisotopic (exact) mass is 331 g/mol. The first-order valence-corrected chi connectivity index (χ1v) is 9.12. The normalized spacial score (nSPS) is 23.2. The van der Waals surface area contributed by atoms with Crippen LogP contribution in [0.2, 0.25) is 0 Å². The van der Waals surface area contributed by atoms with E-state index in [4.69, 9.17) is 9.72 Å². The van der Waals surface area contributed by atoms with E-state index in [1.165, 1.54) is 4.70 Å². The third-order valence-electron chi connectivity index (χ3n) is 4.57. The molecule has 1 aromatic heterocycles. The highest BCUT2D eigenvalue weighted by atomic mass is 32.1. The summed E-state index contributed by atoms with van der Waals surface area (Å²) in [5.74, 6) is -0.0408. The smallest absolute Gasteiger partial charge is 0.306 e. The van der Waals surface area contributed by atoms with Gasteiger partial charge in [0.1, 0.15) is 6.10 Å². The topological polar surface area (TPSA) is 45.7 Å². The number of esters is 1. The highest BCUT2D eigenvalue weighted by Gasteiger charge is 2.26. The lowest BCUT2D eigenvalue weighted by molar-refractivity contribution is -0.141. The number of thiazole rings is 1. The van der Waals surface area contributed by atoms with E-state index in [-0.39, 0.29) is 12.1 Å². The molecule has 0 amide bonds. The van der Waals surface area contributed by atoms with Gasteiger partial charge >= 0.3 is 5.97 Å². The van der Waals surface area contributed by atoms with Crippen LogP contribution in [0.25, 0.3) is 10.2 Å². The maximum atomic E-state index is 11.2. The van der Waals surface area contributed by atoms with Crippen LogP contribution in [0.1, 0.15) is 19.3 Å². The minimum absolute atomic E-state index is 0.0408. The summed E-state index contributed by atoms with van der Waals surface area (Å²) in [5.41, 5.74) is 1.09. The molecule has 2 fully saturated rings. The van der Waals surface area contributed by atoms with Crippen LogP contribution >= 0.6 is 11.3 Å². The van der Waals surface area contributed by atoms with Gasteiger partial charge in [0.05, 0.1) is 10.2 Å². The van der Waals surface area contributed by atoms with Gasteiger partial charge in [0.2, 0.25) is 0 Å². The molecule has 4 rings (SSSR count). The molecule has 0 radical (unpaired) electrons. The van der Waals surface area contributed by atoms with Gasteiger partial charge in [-0.05, 0) is 25.0 Å². The second-order valence-corrected chi connectivity index (χ2v) is 7.27. The van der Waals surface area contributed by atoms with Crippen molar-refractivity contribution in [3.8, 4) is 0 Å². The van der Waals surface area contributed by atoms with E-state index in [9.17, 15) is 4.79 Å². The number of benzene rings is 1. The fourth-order valence-corrected chi connectivity index (χ4v) is 4.36. The van der Waals surface area contributed by atoms with Crippen molar-refractivity contribution in [1.82, 2.24) is 9.88 Å². The number of cyclic esters (lactones) is 1. The Labute approximate surface area is 139 Å². The molecular weight excluding hydrogens is 310 g/mol. The second-order valence-electron chi connectivity index (χ2n) is 6.26. The first kappa shape index (κ1) is 14.9. The molecule has 1 unspecified atom stereocenters. The number of ether oxygens (including phenoxy) is 1. The molecule has 0 saturated carbocycles. The molecule has 0 N–H and O–H groups in total. The number of fused-ring (bicyclic) bond motifs is 1. The molecule has 5 nitrogen and oxygen atoms in total. The Morgan fingerprint density at radius 1 is 1.22 bits per heavy atom. The third kappa shape index (κ3) is 3.33. The van der Waals surface area contributed by atoms with E-state index in [0.717, 1.165) is 56.2 Å². The quantitative estimate of drug-likeness (QED) is 0.809. The van der Waals surface area contributed by atoms with Crippen molar-refractivity contribution in [2.75, 3.05) is 37.6 Å². The van der Waals surface area contributed by atoms with Gasteiger partial charge in [0.25, 0.3) is 0 Å². The summed E-state index contributed by atoms with van der Waals surface area (Å²) in [4.78, 5) is 20.8. The summed E-state index contributed by atoms with van der Waals surface area (Å²) in [6, 6.07) is 8.32. The standard InChI is InChI=1S/C17H21N3O2S/c21-16-7-6-13(22-16)12-19-8-3-9-20(11-10-19)17-18-14-4-1-2-5-15(14)23-17/h1-2,4-5,13H,3,6-12H2. The maximum Gasteiger partial charge on any atom is 0.306 e. The van der Waals surface area contributed by atoms with E-state index in [1.54, 1.807) is 11.3 Å². The predicted octanol–water partition coefficient (Wildman–Crippen LogP) is 2.51. The molecular formula is C17H21N3O2S. The lowest BCUT2D eigenvalue weighted by Crippen LogP contribution is -2.35. The Kier molecular flexibility index (Phi) is 4.18. The van der Waals surface area contributed by atoms with Gasteiger partial charge in [0, 0.05) is 39.1 Å². The fourth-order valence-electron chi connectivity index (χ4n) is 3.34. The van der Waals surface area contributed by atoms with Crippen molar-refractivity contribution in [2.45, 2.75) is 25.4 Å². The molecule has 2 saturated heterocycles. The summed E-state index contributed by atoms with van der Waals surface area (Å²) in [6.45, 7) is 4.97. The molecule has 1 aromatic carbocycles. The highest BCUT2D eigenvalue weighted by Crippen LogP contribution is 2.29. The Morgan fingerprint density at radius 3 is 2.96 bits per heavy atom. The molecule has 3 heterocycles. The molecule has 0 bridgehead atoms. The zero-order valence-electron chi connectivity index (χ0n) is 13.1. The Hall–Kier alpha value is -1.66. The van der Waals surface area contributed by atoms with Crippen molar-refractivity contribution in [2.24, 2.45) is 0 Å². The molecule has 0 aliphatic carbocycles. The van der Waals surface area contributed by atoms with Crippen LogP contribution < -0.4 is 4.90 Å². The van der Waals surface area contributed by atoms with Gasteiger partial charge in [-0.25, -0.2) is 4.98 Å². The molecule has 1 atom stereocenters. The minimum atomic E-state index is -0.0408. The van der Waals surface area contributed by atoms with E-state index >= 15 is 0 Å². The van der Waals surface area contributed by atoms with Crippen molar-refractivity contribution < 1.29 is 9.53 Å². The lowest BCUT2D eigenvalue weighted by atomic mass is 10.2. The van der Waals surface area contributed by atoms with Gasteiger partial charge in [-0.1, -0.05) is 23.5 Å². The highest BCUT2D eigenvalue weighted by molar-refractivity contribution is 7.22. The molecule has 6 heteroatoms. The number of anilines is 1. The second kappa shape index (κ2) is 6.45. The number of hydrogen-bond acceptors (Lipinski definition) is 6. The number of para-hydroxylation sites is 1. The number of hydrogen-bond donors (Lipinski definition) is 0. The van der Waals surface area contributed by atoms with E-state index in [2.05, 4.69) is 28.0 Å². The van der Waals surface area contributed by atoms with Crippen LogP contribution in [-0.4, -0.2) is 54.7 Å². The summed E-state index contributed by atoms with van der Waals surface area (Å²) in [5, 5.41) is 1.13. The van der Waals surface area contributed by atoms with Crippen LogP contribution in [0.15, 0.2) is 24.3 Å². The van der Waals surface area contributed by atoms with Crippen LogP contribution in [0.3, 0.4) is 0 Å². The van der Waals surface area contributed by atoms with E-state index in [1.807, 2.05) is 6.07 Å². The van der Waals surface area contributed by atoms with Gasteiger partial charge in [-0.3, -0.25) is 9.69 Å². The lowest BCUT2D eigenvalue weighted by Gasteiger charge is -2.23. The van der Waals surface area contributed by atoms with Gasteiger partial charge in [-0.2, -0.15) is 0 Å². The zero-order chi connectivity index (χ0) is 15.6. The molecule has 122 valence electrons. The molecule has 2 aromatic rings. The SMILES string of the molecule is O=C1CCC(CN2CCCN(c3nc4ccccc4s3)CC2)O1. The number of rotatable bonds is 3. The van der Waals surface area contributed by atoms with Crippen LogP contribution in [0, 0.1) is 0 Å². The van der Waals surface area contributed by atoms with Crippen molar-refractivity contribution in [3.05, 3.63) is 24.3 Å². The Bertz CT molecular complexity index is 669. The first-order chi connectivity index (χ1) is 11.3. The molecule has 0 spiro atoms. The largest absolute Gasteiger partial charge is 0.461 e. The fraction of sp³-hybridized carbons (Fsp3) is 0.529. The first-order valence-electron chi connectivity index (χ1n) is 8.30. The minimum Gasteiger partial charge on any atom is -0.461 e. The number of carbonyl (C=O) groups is 1. The van der Waals surface area contributed by atoms with Crippen molar-refractivity contribution in [3.63, 3.8) is 0 Å². The van der Waals surface area contributed by atoms with Crippen LogP contribution in [0.4, 0.5) is 5.13 Å². The average molecular weight is 331 g/mol. The summed E-state index contributed by atoms with van der Waals surface area (Å²) in [6.07, 6.45) is 2.67. The maximum absolute atomic E-state index is 11.2. The van der Waals surface area contributed by atoms with Gasteiger partial charge in [-0.15, -0.1) is 0 Å². The zero-order valence-corrected chi connectivity index (χ0v) is 13.9.